The van der Waals surface area contributed by atoms with Crippen molar-refractivity contribution in [3.8, 4) is 5.75 Å². The largest absolute Gasteiger partial charge is 0.468 e. The summed E-state index contributed by atoms with van der Waals surface area (Å²) in [5.74, 6) is 3.74. The summed E-state index contributed by atoms with van der Waals surface area (Å²) in [5, 5.41) is 0. The molecule has 0 spiro atoms. The van der Waals surface area contributed by atoms with Crippen molar-refractivity contribution < 1.29 is 21.9 Å². The Morgan fingerprint density at radius 2 is 1.19 bits per heavy atom. The zero-order valence-corrected chi connectivity index (χ0v) is 29.8. The monoisotopic (exact) mass is 649 g/mol. The minimum Gasteiger partial charge on any atom is -0.468 e. The van der Waals surface area contributed by atoms with E-state index >= 15 is 0 Å². The smallest absolute Gasteiger partial charge is 0.338 e. The molecule has 0 bridgehead atoms. The van der Waals surface area contributed by atoms with Crippen molar-refractivity contribution in [3.05, 3.63) is 65.2 Å². The Labute approximate surface area is 289 Å². The summed E-state index contributed by atoms with van der Waals surface area (Å²) >= 11 is 0. The summed E-state index contributed by atoms with van der Waals surface area (Å²) in [5.41, 5.74) is 2.98. The lowest BCUT2D eigenvalue weighted by molar-refractivity contribution is -0.146. The zero-order chi connectivity index (χ0) is 32.7. The van der Waals surface area contributed by atoms with Crippen LogP contribution in [0, 0.1) is 11.8 Å². The standard InChI is InChI=1S/C43H64O4.2H2/c1-3-5-8-12-34-14-18-36(19-15-34)38-22-24-40(25-23-38)42(44)45-32-43(30-10-7-11-31-43)47-33-46-41-28-26-39(27-29-41)37-20-16-35(17-21-37)13-9-6-4-2;;/h22-29,34-37H,3-21,30-33H2,1-2H3;2*1H. The van der Waals surface area contributed by atoms with Crippen LogP contribution in [0.3, 0.4) is 0 Å². The SMILES string of the molecule is CCCCCC1CCC(c2ccc(OCOC3(COC(=O)c4ccc(C5CCC(CCCCC)CC5)cc4)CCCCC3)cc2)CC1.[HH].[HH]. The second-order valence-electron chi connectivity index (χ2n) is 15.3. The molecule has 4 heteroatoms. The van der Waals surface area contributed by atoms with Crippen LogP contribution in [-0.4, -0.2) is 25.0 Å². The lowest BCUT2D eigenvalue weighted by atomic mass is 9.77. The number of hydrogen-bond donors (Lipinski definition) is 0. The van der Waals surface area contributed by atoms with Gasteiger partial charge in [-0.1, -0.05) is 109 Å². The second kappa shape index (κ2) is 19.0. The van der Waals surface area contributed by atoms with Crippen LogP contribution in [-0.2, 0) is 9.47 Å². The van der Waals surface area contributed by atoms with E-state index in [1.165, 1.54) is 120 Å². The van der Waals surface area contributed by atoms with E-state index in [1.807, 2.05) is 12.1 Å². The lowest BCUT2D eigenvalue weighted by Gasteiger charge is -2.36. The Kier molecular flexibility index (Phi) is 14.5. The van der Waals surface area contributed by atoms with E-state index in [0.717, 1.165) is 43.3 Å². The highest BCUT2D eigenvalue weighted by atomic mass is 16.7. The molecule has 0 N–H and O–H groups in total. The average molecular weight is 649 g/mol. The Morgan fingerprint density at radius 1 is 0.681 bits per heavy atom. The van der Waals surface area contributed by atoms with Crippen LogP contribution in [0.25, 0.3) is 0 Å². The van der Waals surface area contributed by atoms with Gasteiger partial charge < -0.3 is 14.2 Å². The Hall–Kier alpha value is -2.33. The zero-order valence-electron chi connectivity index (χ0n) is 29.8. The molecule has 47 heavy (non-hydrogen) atoms. The van der Waals surface area contributed by atoms with Gasteiger partial charge in [-0.15, -0.1) is 0 Å². The first kappa shape index (κ1) is 36.0. The number of carbonyl (C=O) groups excluding carboxylic acids is 1. The Morgan fingerprint density at radius 3 is 1.70 bits per heavy atom. The van der Waals surface area contributed by atoms with Crippen molar-refractivity contribution in [2.24, 2.45) is 11.8 Å². The van der Waals surface area contributed by atoms with Gasteiger partial charge in [0.1, 0.15) is 18.0 Å². The fourth-order valence-electron chi connectivity index (χ4n) is 8.69. The maximum atomic E-state index is 13.1. The highest BCUT2D eigenvalue weighted by Crippen LogP contribution is 2.39. The predicted octanol–water partition coefficient (Wildman–Crippen LogP) is 12.8. The van der Waals surface area contributed by atoms with Crippen LogP contribution in [0.5, 0.6) is 5.75 Å². The highest BCUT2D eigenvalue weighted by molar-refractivity contribution is 5.89. The third-order valence-corrected chi connectivity index (χ3v) is 11.9. The van der Waals surface area contributed by atoms with E-state index in [-0.39, 0.29) is 22.2 Å². The molecule has 3 aliphatic rings. The van der Waals surface area contributed by atoms with Crippen LogP contribution < -0.4 is 4.74 Å². The Bertz CT molecular complexity index is 1160. The van der Waals surface area contributed by atoms with Crippen LogP contribution in [0.2, 0.25) is 0 Å². The fraction of sp³-hybridized carbons (Fsp3) is 0.698. The van der Waals surface area contributed by atoms with Gasteiger partial charge in [-0.25, -0.2) is 4.79 Å². The van der Waals surface area contributed by atoms with E-state index in [4.69, 9.17) is 14.2 Å². The highest BCUT2D eigenvalue weighted by Gasteiger charge is 2.35. The van der Waals surface area contributed by atoms with Crippen LogP contribution in [0.4, 0.5) is 0 Å². The molecule has 5 rings (SSSR count). The molecular formula is C43H68O4. The maximum Gasteiger partial charge on any atom is 0.338 e. The summed E-state index contributed by atoms with van der Waals surface area (Å²) in [6.45, 7) is 5.03. The molecule has 2 aromatic rings. The molecule has 0 atom stereocenters. The van der Waals surface area contributed by atoms with Crippen LogP contribution >= 0.6 is 0 Å². The topological polar surface area (TPSA) is 44.8 Å². The molecule has 3 saturated carbocycles. The molecule has 2 aromatic carbocycles. The van der Waals surface area contributed by atoms with Crippen molar-refractivity contribution in [2.75, 3.05) is 13.4 Å². The molecule has 264 valence electrons. The molecular weight excluding hydrogens is 580 g/mol. The molecule has 0 unspecified atom stereocenters. The first-order valence-electron chi connectivity index (χ1n) is 19.7. The molecule has 3 fully saturated rings. The molecule has 0 aromatic heterocycles. The number of rotatable bonds is 17. The second-order valence-corrected chi connectivity index (χ2v) is 15.3. The maximum absolute atomic E-state index is 13.1. The van der Waals surface area contributed by atoms with Gasteiger partial charge in [-0.05, 0) is 123 Å². The van der Waals surface area contributed by atoms with Gasteiger partial charge >= 0.3 is 5.97 Å². The summed E-state index contributed by atoms with van der Waals surface area (Å²) in [7, 11) is 0. The third-order valence-electron chi connectivity index (χ3n) is 11.9. The molecule has 0 amide bonds. The minimum atomic E-state index is -0.473. The van der Waals surface area contributed by atoms with Crippen molar-refractivity contribution in [1.82, 2.24) is 0 Å². The summed E-state index contributed by atoms with van der Waals surface area (Å²) in [4.78, 5) is 13.1. The summed E-state index contributed by atoms with van der Waals surface area (Å²) < 4.78 is 18.4. The number of ether oxygens (including phenoxy) is 3. The Balaban J connectivity index is 0.00000325. The number of esters is 1. The van der Waals surface area contributed by atoms with Crippen molar-refractivity contribution >= 4 is 5.97 Å². The van der Waals surface area contributed by atoms with Gasteiger partial charge in [0, 0.05) is 2.85 Å². The number of carbonyl (C=O) groups is 1. The van der Waals surface area contributed by atoms with Gasteiger partial charge in [-0.2, -0.15) is 0 Å². The summed E-state index contributed by atoms with van der Waals surface area (Å²) in [6.07, 6.45) is 26.7. The molecule has 0 radical (unpaired) electrons. The van der Waals surface area contributed by atoms with E-state index in [9.17, 15) is 4.79 Å². The van der Waals surface area contributed by atoms with Gasteiger partial charge in [0.25, 0.3) is 0 Å². The molecule has 0 heterocycles. The van der Waals surface area contributed by atoms with Gasteiger partial charge in [0.2, 0.25) is 0 Å². The lowest BCUT2D eigenvalue weighted by Crippen LogP contribution is -2.41. The van der Waals surface area contributed by atoms with E-state index in [0.29, 0.717) is 17.4 Å². The number of unbranched alkanes of at least 4 members (excludes halogenated alkanes) is 4. The number of hydrogen-bond acceptors (Lipinski definition) is 4. The van der Waals surface area contributed by atoms with Crippen molar-refractivity contribution in [3.63, 3.8) is 0 Å². The van der Waals surface area contributed by atoms with Gasteiger partial charge in [0.05, 0.1) is 5.56 Å². The van der Waals surface area contributed by atoms with Crippen LogP contribution in [0.1, 0.15) is 185 Å². The molecule has 3 aliphatic carbocycles. The fourth-order valence-corrected chi connectivity index (χ4v) is 8.69. The molecule has 0 aliphatic heterocycles. The normalized spacial score (nSPS) is 24.5. The first-order valence-corrected chi connectivity index (χ1v) is 19.7. The number of benzene rings is 2. The van der Waals surface area contributed by atoms with E-state index in [2.05, 4.69) is 50.2 Å². The van der Waals surface area contributed by atoms with E-state index in [1.54, 1.807) is 0 Å². The third kappa shape index (κ3) is 11.1. The molecule has 0 saturated heterocycles. The average Bonchev–Trinajstić information content (AvgIpc) is 3.12. The summed E-state index contributed by atoms with van der Waals surface area (Å²) in [6, 6.07) is 16.9. The quantitative estimate of drug-likeness (QED) is 0.0972. The van der Waals surface area contributed by atoms with E-state index < -0.39 is 5.60 Å². The predicted molar refractivity (Wildman–Crippen MR) is 197 cm³/mol. The first-order chi connectivity index (χ1) is 23.1. The van der Waals surface area contributed by atoms with Gasteiger partial charge in [-0.3, -0.25) is 0 Å². The van der Waals surface area contributed by atoms with Crippen molar-refractivity contribution in [1.29, 1.82) is 0 Å². The van der Waals surface area contributed by atoms with Crippen molar-refractivity contribution in [2.45, 2.75) is 166 Å². The van der Waals surface area contributed by atoms with Gasteiger partial charge in [0.15, 0.2) is 6.79 Å². The minimum absolute atomic E-state index is 0. The van der Waals surface area contributed by atoms with Crippen LogP contribution in [0.15, 0.2) is 48.5 Å². The molecule has 4 nitrogen and oxygen atoms in total.